The molecule has 0 N–H and O–H groups in total. The summed E-state index contributed by atoms with van der Waals surface area (Å²) >= 11 is 1.59. The Morgan fingerprint density at radius 3 is 2.40 bits per heavy atom. The van der Waals surface area contributed by atoms with Crippen LogP contribution in [-0.4, -0.2) is 48.4 Å². The van der Waals surface area contributed by atoms with Crippen LogP contribution in [0.25, 0.3) is 6.08 Å². The number of carbonyl (C=O) groups excluding carboxylic acids is 2. The molecule has 3 aromatic rings. The van der Waals surface area contributed by atoms with Crippen molar-refractivity contribution in [2.24, 2.45) is 0 Å². The minimum atomic E-state index is -0.319. The Labute approximate surface area is 210 Å². The Morgan fingerprint density at radius 1 is 1.00 bits per heavy atom. The molecule has 2 aromatic carbocycles. The second kappa shape index (κ2) is 13.6. The number of benzene rings is 2. The minimum Gasteiger partial charge on any atom is -0.385 e. The fourth-order valence-corrected chi connectivity index (χ4v) is 4.47. The molecular formula is C28H31FN2O3S. The van der Waals surface area contributed by atoms with E-state index in [0.717, 1.165) is 21.6 Å². The van der Waals surface area contributed by atoms with E-state index in [2.05, 4.69) is 0 Å². The van der Waals surface area contributed by atoms with Crippen LogP contribution in [0, 0.1) is 12.7 Å². The molecule has 0 fully saturated rings. The molecule has 0 aliphatic rings. The van der Waals surface area contributed by atoms with E-state index < -0.39 is 0 Å². The van der Waals surface area contributed by atoms with Crippen molar-refractivity contribution < 1.29 is 18.7 Å². The largest absolute Gasteiger partial charge is 0.385 e. The van der Waals surface area contributed by atoms with Crippen LogP contribution in [0.2, 0.25) is 0 Å². The van der Waals surface area contributed by atoms with Crippen LogP contribution < -0.4 is 0 Å². The van der Waals surface area contributed by atoms with Gasteiger partial charge in [-0.2, -0.15) is 0 Å². The number of thiophene rings is 1. The number of aryl methyl sites for hydroxylation is 1. The summed E-state index contributed by atoms with van der Waals surface area (Å²) in [5, 5.41) is 2.00. The van der Waals surface area contributed by atoms with Crippen LogP contribution in [0.3, 0.4) is 0 Å². The average Bonchev–Trinajstić information content (AvgIpc) is 3.27. The summed E-state index contributed by atoms with van der Waals surface area (Å²) in [6, 6.07) is 17.7. The highest BCUT2D eigenvalue weighted by Crippen LogP contribution is 2.20. The molecular weight excluding hydrogens is 463 g/mol. The van der Waals surface area contributed by atoms with Gasteiger partial charge < -0.3 is 14.5 Å². The molecule has 0 bridgehead atoms. The summed E-state index contributed by atoms with van der Waals surface area (Å²) < 4.78 is 18.5. The van der Waals surface area contributed by atoms with E-state index in [9.17, 15) is 14.0 Å². The number of ether oxygens (including phenoxy) is 1. The van der Waals surface area contributed by atoms with E-state index >= 15 is 0 Å². The molecule has 35 heavy (non-hydrogen) atoms. The first-order valence-electron chi connectivity index (χ1n) is 11.5. The molecule has 0 radical (unpaired) electrons. The van der Waals surface area contributed by atoms with Gasteiger partial charge in [0.2, 0.25) is 11.8 Å². The highest BCUT2D eigenvalue weighted by molar-refractivity contribution is 7.10. The van der Waals surface area contributed by atoms with Gasteiger partial charge in [0.05, 0.1) is 6.54 Å². The van der Waals surface area contributed by atoms with Gasteiger partial charge in [0.25, 0.3) is 0 Å². The van der Waals surface area contributed by atoms with Crippen molar-refractivity contribution in [3.63, 3.8) is 0 Å². The first kappa shape index (κ1) is 26.3. The van der Waals surface area contributed by atoms with Crippen LogP contribution in [0.4, 0.5) is 4.39 Å². The number of rotatable bonds is 12. The van der Waals surface area contributed by atoms with Crippen molar-refractivity contribution in [3.05, 3.63) is 99.5 Å². The molecule has 1 aromatic heterocycles. The predicted molar refractivity (Wildman–Crippen MR) is 138 cm³/mol. The standard InChI is InChI=1S/C28H31FN2O3S/c1-22-15-18-35-26(22)20-31(19-24-9-12-25(29)13-10-24)28(33)21-30(16-6-17-34-2)27(32)14-11-23-7-4-3-5-8-23/h3-5,7-15,18H,6,16-17,19-21H2,1-2H3. The van der Waals surface area contributed by atoms with E-state index in [4.69, 9.17) is 4.74 Å². The van der Waals surface area contributed by atoms with Gasteiger partial charge in [0.15, 0.2) is 0 Å². The first-order chi connectivity index (χ1) is 17.0. The Kier molecular flexibility index (Phi) is 10.2. The molecule has 184 valence electrons. The molecule has 1 heterocycles. The topological polar surface area (TPSA) is 49.9 Å². The maximum Gasteiger partial charge on any atom is 0.247 e. The molecule has 2 amide bonds. The van der Waals surface area contributed by atoms with E-state index in [0.29, 0.717) is 32.7 Å². The average molecular weight is 495 g/mol. The molecule has 0 saturated carbocycles. The Bertz CT molecular complexity index is 1110. The van der Waals surface area contributed by atoms with E-state index in [1.165, 1.54) is 18.2 Å². The van der Waals surface area contributed by atoms with Crippen LogP contribution in [0.1, 0.15) is 28.0 Å². The number of methoxy groups -OCH3 is 1. The monoisotopic (exact) mass is 494 g/mol. The van der Waals surface area contributed by atoms with Gasteiger partial charge >= 0.3 is 0 Å². The zero-order valence-corrected chi connectivity index (χ0v) is 21.0. The van der Waals surface area contributed by atoms with Gasteiger partial charge in [-0.05, 0) is 59.7 Å². The molecule has 7 heteroatoms. The van der Waals surface area contributed by atoms with Crippen LogP contribution in [0.5, 0.6) is 0 Å². The molecule has 0 aliphatic heterocycles. The van der Waals surface area contributed by atoms with E-state index in [-0.39, 0.29) is 24.2 Å². The molecule has 3 rings (SSSR count). The van der Waals surface area contributed by atoms with Gasteiger partial charge in [0.1, 0.15) is 12.4 Å². The number of hydrogen-bond donors (Lipinski definition) is 0. The molecule has 0 atom stereocenters. The lowest BCUT2D eigenvalue weighted by atomic mass is 10.2. The molecule has 5 nitrogen and oxygen atoms in total. The predicted octanol–water partition coefficient (Wildman–Crippen LogP) is 5.30. The number of amides is 2. The lowest BCUT2D eigenvalue weighted by molar-refractivity contribution is -0.139. The van der Waals surface area contributed by atoms with Crippen molar-refractivity contribution >= 4 is 29.2 Å². The molecule has 0 spiro atoms. The summed E-state index contributed by atoms with van der Waals surface area (Å²) in [7, 11) is 1.61. The summed E-state index contributed by atoms with van der Waals surface area (Å²) in [5.74, 6) is -0.714. The van der Waals surface area contributed by atoms with E-state index in [1.807, 2.05) is 48.7 Å². The van der Waals surface area contributed by atoms with Crippen molar-refractivity contribution in [3.8, 4) is 0 Å². The Hall–Kier alpha value is -3.29. The number of nitrogens with zero attached hydrogens (tertiary/aromatic N) is 2. The van der Waals surface area contributed by atoms with Crippen LogP contribution in [0.15, 0.2) is 72.1 Å². The smallest absolute Gasteiger partial charge is 0.247 e. The van der Waals surface area contributed by atoms with Gasteiger partial charge in [-0.1, -0.05) is 42.5 Å². The summed E-state index contributed by atoms with van der Waals surface area (Å²) in [4.78, 5) is 30.9. The van der Waals surface area contributed by atoms with Crippen molar-refractivity contribution in [1.29, 1.82) is 0 Å². The van der Waals surface area contributed by atoms with Crippen molar-refractivity contribution in [2.45, 2.75) is 26.4 Å². The lowest BCUT2D eigenvalue weighted by Crippen LogP contribution is -2.42. The third kappa shape index (κ3) is 8.46. The normalized spacial score (nSPS) is 11.1. The second-order valence-electron chi connectivity index (χ2n) is 8.25. The van der Waals surface area contributed by atoms with Crippen molar-refractivity contribution in [1.82, 2.24) is 9.80 Å². The van der Waals surface area contributed by atoms with E-state index in [1.54, 1.807) is 46.5 Å². The zero-order chi connectivity index (χ0) is 25.0. The Morgan fingerprint density at radius 2 is 1.74 bits per heavy atom. The van der Waals surface area contributed by atoms with Gasteiger partial charge in [0, 0.05) is 37.8 Å². The highest BCUT2D eigenvalue weighted by atomic mass is 32.1. The maximum absolute atomic E-state index is 13.5. The van der Waals surface area contributed by atoms with Crippen LogP contribution in [-0.2, 0) is 27.4 Å². The zero-order valence-electron chi connectivity index (χ0n) is 20.2. The van der Waals surface area contributed by atoms with Gasteiger partial charge in [-0.15, -0.1) is 11.3 Å². The lowest BCUT2D eigenvalue weighted by Gasteiger charge is -2.27. The SMILES string of the molecule is COCCCN(CC(=O)N(Cc1ccc(F)cc1)Cc1sccc1C)C(=O)C=Cc1ccccc1. The number of hydrogen-bond acceptors (Lipinski definition) is 4. The Balaban J connectivity index is 1.77. The van der Waals surface area contributed by atoms with Gasteiger partial charge in [-0.3, -0.25) is 9.59 Å². The molecule has 0 saturated heterocycles. The quantitative estimate of drug-likeness (QED) is 0.254. The van der Waals surface area contributed by atoms with Crippen molar-refractivity contribution in [2.75, 3.05) is 26.8 Å². The molecule has 0 unspecified atom stereocenters. The molecule has 0 aliphatic carbocycles. The second-order valence-corrected chi connectivity index (χ2v) is 9.25. The third-order valence-corrected chi connectivity index (χ3v) is 6.58. The number of carbonyl (C=O) groups is 2. The van der Waals surface area contributed by atoms with Crippen LogP contribution >= 0.6 is 11.3 Å². The van der Waals surface area contributed by atoms with Gasteiger partial charge in [-0.25, -0.2) is 4.39 Å². The number of halogens is 1. The summed E-state index contributed by atoms with van der Waals surface area (Å²) in [5.41, 5.74) is 2.86. The maximum atomic E-state index is 13.5. The minimum absolute atomic E-state index is 0.0483. The highest BCUT2D eigenvalue weighted by Gasteiger charge is 2.21. The fraction of sp³-hybridized carbons (Fsp3) is 0.286. The fourth-order valence-electron chi connectivity index (χ4n) is 3.55. The summed E-state index contributed by atoms with van der Waals surface area (Å²) in [6.45, 7) is 3.62. The first-order valence-corrected chi connectivity index (χ1v) is 12.4. The summed E-state index contributed by atoms with van der Waals surface area (Å²) in [6.07, 6.45) is 3.88. The third-order valence-electron chi connectivity index (χ3n) is 5.57.